The highest BCUT2D eigenvalue weighted by Crippen LogP contribution is 2.56. The minimum atomic E-state index is -2.57. The molecule has 0 unspecified atom stereocenters. The summed E-state index contributed by atoms with van der Waals surface area (Å²) in [6.45, 7) is 34.3. The van der Waals surface area contributed by atoms with Crippen molar-refractivity contribution in [3.8, 4) is 5.75 Å². The second-order valence-corrected chi connectivity index (χ2v) is 18.1. The quantitative estimate of drug-likeness (QED) is 0.278. The van der Waals surface area contributed by atoms with E-state index in [-0.39, 0.29) is 33.0 Å². The van der Waals surface area contributed by atoms with Gasteiger partial charge in [-0.3, -0.25) is 0 Å². The van der Waals surface area contributed by atoms with Crippen molar-refractivity contribution >= 4 is 8.60 Å². The third kappa shape index (κ3) is 7.39. The highest BCUT2D eigenvalue weighted by atomic mass is 31.2. The Morgan fingerprint density at radius 3 is 1.15 bits per heavy atom. The Hall–Kier alpha value is -0.710. The van der Waals surface area contributed by atoms with Crippen LogP contribution in [-0.2, 0) is 10.8 Å². The van der Waals surface area contributed by atoms with Gasteiger partial charge in [-0.2, -0.15) is 0 Å². The average Bonchev–Trinajstić information content (AvgIpc) is 2.60. The summed E-state index contributed by atoms with van der Waals surface area (Å²) in [6, 6.07) is 0. The van der Waals surface area contributed by atoms with Crippen molar-refractivity contribution < 1.29 is 14.3 Å². The van der Waals surface area contributed by atoms with Crippen LogP contribution < -0.4 is 15.2 Å². The van der Waals surface area contributed by atoms with E-state index < -0.39 is 8.60 Å². The first-order chi connectivity index (χ1) is 17.3. The Balaban J connectivity index is 2.52. The van der Waals surface area contributed by atoms with Crippen LogP contribution in [0.1, 0.15) is 162 Å². The molecular weight excluding hydrogens is 503 g/mol. The van der Waals surface area contributed by atoms with Crippen LogP contribution in [0, 0.1) is 6.92 Å². The van der Waals surface area contributed by atoms with Crippen LogP contribution in [0.4, 0.5) is 0 Å². The molecule has 0 amide bonds. The van der Waals surface area contributed by atoms with Crippen LogP contribution >= 0.6 is 8.60 Å². The molecule has 2 aliphatic rings. The zero-order valence-corrected chi connectivity index (χ0v) is 28.6. The summed E-state index contributed by atoms with van der Waals surface area (Å²) in [4.78, 5) is 20.7. The minimum Gasteiger partial charge on any atom is -0.426 e. The number of benzene rings is 1. The molecule has 4 N–H and O–H groups in total. The lowest BCUT2D eigenvalue weighted by atomic mass is 9.63. The van der Waals surface area contributed by atoms with Crippen LogP contribution in [-0.4, -0.2) is 31.9 Å². The fourth-order valence-electron chi connectivity index (χ4n) is 8.63. The van der Waals surface area contributed by atoms with Gasteiger partial charge in [-0.25, -0.2) is 0 Å². The van der Waals surface area contributed by atoms with E-state index in [1.807, 2.05) is 0 Å². The van der Waals surface area contributed by atoms with Crippen molar-refractivity contribution in [1.29, 1.82) is 0 Å². The highest BCUT2D eigenvalue weighted by molar-refractivity contribution is 7.39. The van der Waals surface area contributed by atoms with Gasteiger partial charge in [0.2, 0.25) is 0 Å². The molecule has 1 aromatic carbocycles. The molecule has 0 spiro atoms. The van der Waals surface area contributed by atoms with Crippen molar-refractivity contribution in [2.45, 2.75) is 174 Å². The van der Waals surface area contributed by atoms with Crippen LogP contribution in [0.25, 0.3) is 0 Å². The Bertz CT molecular complexity index is 965. The van der Waals surface area contributed by atoms with E-state index in [1.54, 1.807) is 0 Å². The largest absolute Gasteiger partial charge is 0.426 e. The predicted molar refractivity (Wildman–Crippen MR) is 167 cm³/mol. The van der Waals surface area contributed by atoms with E-state index in [0.717, 1.165) is 36.8 Å². The average molecular weight is 563 g/mol. The predicted octanol–water partition coefficient (Wildman–Crippen LogP) is 8.23. The van der Waals surface area contributed by atoms with E-state index in [1.165, 1.54) is 16.7 Å². The number of rotatable bonds is 4. The molecule has 0 saturated carbocycles. The summed E-state index contributed by atoms with van der Waals surface area (Å²) in [5.41, 5.74) is 5.86. The molecule has 2 aliphatic heterocycles. The van der Waals surface area contributed by atoms with Gasteiger partial charge in [0.1, 0.15) is 5.75 Å². The normalized spacial score (nSPS) is 23.7. The molecule has 2 fully saturated rings. The zero-order chi connectivity index (χ0) is 30.1. The van der Waals surface area contributed by atoms with Gasteiger partial charge in [0.15, 0.2) is 0 Å². The second kappa shape index (κ2) is 10.2. The molecule has 0 aliphatic carbocycles. The van der Waals surface area contributed by atoms with Gasteiger partial charge < -0.3 is 24.9 Å². The summed E-state index contributed by atoms with van der Waals surface area (Å²) in [6.07, 6.45) is 4.07. The smallest absolute Gasteiger partial charge is 0.391 e. The van der Waals surface area contributed by atoms with Crippen LogP contribution in [0.15, 0.2) is 0 Å². The van der Waals surface area contributed by atoms with Crippen molar-refractivity contribution in [2.24, 2.45) is 0 Å². The molecule has 5 nitrogen and oxygen atoms in total. The summed E-state index contributed by atoms with van der Waals surface area (Å²) in [5.74, 6) is 1.36. The third-order valence-electron chi connectivity index (χ3n) is 8.67. The summed E-state index contributed by atoms with van der Waals surface area (Å²) in [7, 11) is -2.57. The second-order valence-electron chi connectivity index (χ2n) is 17.4. The van der Waals surface area contributed by atoms with E-state index in [2.05, 4.69) is 114 Å². The van der Waals surface area contributed by atoms with Crippen molar-refractivity contribution in [2.75, 3.05) is 0 Å². The Kier molecular flexibility index (Phi) is 8.60. The van der Waals surface area contributed by atoms with Crippen molar-refractivity contribution in [3.05, 3.63) is 27.8 Å². The lowest BCUT2D eigenvalue weighted by molar-refractivity contribution is 0.157. The molecule has 6 heteroatoms. The molecule has 0 atom stereocenters. The molecular formula is C33H59N2O3P. The highest BCUT2D eigenvalue weighted by Gasteiger charge is 2.46. The number of piperidine rings is 2. The number of hydrogen-bond donors (Lipinski definition) is 4. The lowest BCUT2D eigenvalue weighted by Gasteiger charge is -2.50. The molecule has 3 rings (SSSR count). The monoisotopic (exact) mass is 562 g/mol. The summed E-state index contributed by atoms with van der Waals surface area (Å²) < 4.78 is 6.20. The first-order valence-electron chi connectivity index (χ1n) is 14.9. The van der Waals surface area contributed by atoms with Gasteiger partial charge in [-0.05, 0) is 127 Å². The van der Waals surface area contributed by atoms with E-state index in [9.17, 15) is 9.79 Å². The van der Waals surface area contributed by atoms with Gasteiger partial charge >= 0.3 is 8.60 Å². The van der Waals surface area contributed by atoms with Gasteiger partial charge in [0.25, 0.3) is 0 Å². The lowest BCUT2D eigenvalue weighted by Crippen LogP contribution is -2.57. The Morgan fingerprint density at radius 2 is 0.923 bits per heavy atom. The molecule has 0 bridgehead atoms. The number of nitrogens with one attached hydrogen (secondary N) is 2. The van der Waals surface area contributed by atoms with Crippen LogP contribution in [0.2, 0.25) is 0 Å². The molecule has 2 saturated heterocycles. The standard InChI is InChI=1S/C33H59N2O3P/c1-20-23(21-16-30(8,9)34-31(10,11)17-21)25(28(2,3)4)27(38-39(36)37)26(29(5,6)7)24(20)22-18-32(12,13)35-33(14,15)19-22/h21-22,34-37H,16-19H2,1-15H3. The van der Waals surface area contributed by atoms with Gasteiger partial charge in [0.05, 0.1) is 0 Å². The molecule has 2 heterocycles. The van der Waals surface area contributed by atoms with Crippen molar-refractivity contribution in [3.63, 3.8) is 0 Å². The van der Waals surface area contributed by atoms with Crippen LogP contribution in [0.3, 0.4) is 0 Å². The van der Waals surface area contributed by atoms with Crippen molar-refractivity contribution in [1.82, 2.24) is 10.6 Å². The fourth-order valence-corrected chi connectivity index (χ4v) is 8.97. The maximum Gasteiger partial charge on any atom is 0.391 e. The summed E-state index contributed by atoms with van der Waals surface area (Å²) in [5, 5.41) is 7.75. The molecule has 1 aromatic rings. The SMILES string of the molecule is Cc1c(C2CC(C)(C)NC(C)(C)C2)c(C(C)(C)C)c(OP(O)O)c(C(C)(C)C)c1C1CC(C)(C)NC(C)(C)C1. The van der Waals surface area contributed by atoms with Gasteiger partial charge in [-0.15, -0.1) is 0 Å². The Morgan fingerprint density at radius 1 is 0.641 bits per heavy atom. The molecule has 0 aromatic heterocycles. The van der Waals surface area contributed by atoms with E-state index in [0.29, 0.717) is 17.6 Å². The number of hydrogen-bond acceptors (Lipinski definition) is 5. The topological polar surface area (TPSA) is 73.8 Å². The summed E-state index contributed by atoms with van der Waals surface area (Å²) >= 11 is 0. The molecule has 224 valence electrons. The fraction of sp³-hybridized carbons (Fsp3) is 0.818. The minimum absolute atomic E-state index is 0.0167. The maximum absolute atomic E-state index is 10.4. The van der Waals surface area contributed by atoms with E-state index >= 15 is 0 Å². The zero-order valence-electron chi connectivity index (χ0n) is 27.7. The first-order valence-corrected chi connectivity index (χ1v) is 16.1. The molecule has 0 radical (unpaired) electrons. The van der Waals surface area contributed by atoms with Gasteiger partial charge in [-0.1, -0.05) is 41.5 Å². The maximum atomic E-state index is 10.4. The Labute approximate surface area is 241 Å². The van der Waals surface area contributed by atoms with Gasteiger partial charge in [0, 0.05) is 33.3 Å². The third-order valence-corrected chi connectivity index (χ3v) is 9.02. The van der Waals surface area contributed by atoms with Crippen LogP contribution in [0.5, 0.6) is 5.75 Å². The molecule has 39 heavy (non-hydrogen) atoms. The first kappa shape index (κ1) is 32.8. The van der Waals surface area contributed by atoms with E-state index in [4.69, 9.17) is 4.52 Å².